The molecule has 0 fully saturated rings. The van der Waals surface area contributed by atoms with E-state index in [0.29, 0.717) is 16.6 Å². The van der Waals surface area contributed by atoms with Crippen LogP contribution in [0.15, 0.2) is 24.3 Å². The van der Waals surface area contributed by atoms with Gasteiger partial charge in [0.2, 0.25) is 5.91 Å². The van der Waals surface area contributed by atoms with Crippen molar-refractivity contribution in [1.82, 2.24) is 10.3 Å². The molecule has 7 heteroatoms. The largest absolute Gasteiger partial charge is 0.480 e. The topological polar surface area (TPSA) is 125 Å². The quantitative estimate of drug-likeness (QED) is 0.640. The third kappa shape index (κ3) is 3.02. The molecule has 0 saturated heterocycles. The van der Waals surface area contributed by atoms with Crippen molar-refractivity contribution in [1.29, 1.82) is 0 Å². The summed E-state index contributed by atoms with van der Waals surface area (Å²) in [7, 11) is 0. The number of amides is 2. The van der Waals surface area contributed by atoms with Crippen molar-refractivity contribution in [2.75, 3.05) is 0 Å². The summed E-state index contributed by atoms with van der Waals surface area (Å²) in [6, 6.07) is 5.84. The molecule has 2 aromatic rings. The van der Waals surface area contributed by atoms with Crippen molar-refractivity contribution in [3.05, 3.63) is 35.5 Å². The van der Waals surface area contributed by atoms with Gasteiger partial charge in [0.05, 0.1) is 12.0 Å². The van der Waals surface area contributed by atoms with Crippen LogP contribution < -0.4 is 11.1 Å². The summed E-state index contributed by atoms with van der Waals surface area (Å²) in [5.74, 6) is -2.66. The zero-order chi connectivity index (χ0) is 15.6. The van der Waals surface area contributed by atoms with Crippen molar-refractivity contribution in [3.63, 3.8) is 0 Å². The lowest BCUT2D eigenvalue weighted by Crippen LogP contribution is -2.43. The minimum Gasteiger partial charge on any atom is -0.480 e. The highest BCUT2D eigenvalue weighted by Gasteiger charge is 2.25. The van der Waals surface area contributed by atoms with E-state index in [1.165, 1.54) is 0 Å². The van der Waals surface area contributed by atoms with Crippen LogP contribution in [0.3, 0.4) is 0 Å². The number of nitrogens with two attached hydrogens (primary N) is 1. The van der Waals surface area contributed by atoms with Crippen LogP contribution in [0.4, 0.5) is 0 Å². The second kappa shape index (κ2) is 5.66. The zero-order valence-corrected chi connectivity index (χ0v) is 11.3. The molecule has 1 aromatic heterocycles. The Bertz CT molecular complexity index is 720. The van der Waals surface area contributed by atoms with Gasteiger partial charge in [-0.3, -0.25) is 9.59 Å². The molecule has 0 radical (unpaired) electrons. The van der Waals surface area contributed by atoms with Crippen LogP contribution in [-0.2, 0) is 9.59 Å². The fraction of sp³-hybridized carbons (Fsp3) is 0.214. The first-order chi connectivity index (χ1) is 9.90. The number of hydrogen-bond donors (Lipinski definition) is 4. The van der Waals surface area contributed by atoms with Crippen molar-refractivity contribution in [2.45, 2.75) is 19.4 Å². The van der Waals surface area contributed by atoms with Gasteiger partial charge in [0, 0.05) is 16.6 Å². The first-order valence-electron chi connectivity index (χ1n) is 6.29. The summed E-state index contributed by atoms with van der Waals surface area (Å²) in [6.45, 7) is 1.72. The maximum Gasteiger partial charge on any atom is 0.326 e. The number of carboxylic acid groups (broad SMARTS) is 1. The maximum atomic E-state index is 12.3. The van der Waals surface area contributed by atoms with E-state index >= 15 is 0 Å². The number of carbonyl (C=O) groups is 3. The number of carboxylic acids is 1. The minimum absolute atomic E-state index is 0.362. The number of hydrogen-bond acceptors (Lipinski definition) is 3. The van der Waals surface area contributed by atoms with Gasteiger partial charge in [-0.15, -0.1) is 0 Å². The third-order valence-corrected chi connectivity index (χ3v) is 3.13. The lowest BCUT2D eigenvalue weighted by molar-refractivity contribution is -0.140. The number of nitrogens with one attached hydrogen (secondary N) is 2. The van der Waals surface area contributed by atoms with E-state index in [9.17, 15) is 14.4 Å². The van der Waals surface area contributed by atoms with Gasteiger partial charge in [0.25, 0.3) is 5.91 Å². The first kappa shape index (κ1) is 14.6. The SMILES string of the molecule is Cc1[nH]c2ccccc2c1C(=O)NC(CC(N)=O)C(=O)O. The molecule has 2 amide bonds. The number of benzene rings is 1. The number of H-pyrrole nitrogens is 1. The Balaban J connectivity index is 2.31. The van der Waals surface area contributed by atoms with Crippen LogP contribution in [0.1, 0.15) is 22.5 Å². The Labute approximate surface area is 120 Å². The highest BCUT2D eigenvalue weighted by atomic mass is 16.4. The lowest BCUT2D eigenvalue weighted by Gasteiger charge is -2.12. The maximum absolute atomic E-state index is 12.3. The summed E-state index contributed by atoms with van der Waals surface area (Å²) in [5, 5.41) is 12.0. The number of aryl methyl sites for hydroxylation is 1. The summed E-state index contributed by atoms with van der Waals surface area (Å²) in [5.41, 5.74) is 6.75. The van der Waals surface area contributed by atoms with Crippen LogP contribution in [-0.4, -0.2) is 33.9 Å². The van der Waals surface area contributed by atoms with E-state index in [-0.39, 0.29) is 0 Å². The number of carbonyl (C=O) groups excluding carboxylic acids is 2. The molecule has 5 N–H and O–H groups in total. The molecule has 0 aliphatic carbocycles. The molecule has 0 bridgehead atoms. The molecule has 21 heavy (non-hydrogen) atoms. The fourth-order valence-corrected chi connectivity index (χ4v) is 2.20. The summed E-state index contributed by atoms with van der Waals surface area (Å²) < 4.78 is 0. The van der Waals surface area contributed by atoms with Gasteiger partial charge in [0.15, 0.2) is 0 Å². The van der Waals surface area contributed by atoms with E-state index in [2.05, 4.69) is 10.3 Å². The number of aromatic amines is 1. The molecule has 7 nitrogen and oxygen atoms in total. The normalized spacial score (nSPS) is 12.0. The second-order valence-electron chi connectivity index (χ2n) is 4.71. The van der Waals surface area contributed by atoms with Gasteiger partial charge in [-0.1, -0.05) is 18.2 Å². The average Bonchev–Trinajstić information content (AvgIpc) is 2.73. The molecule has 1 heterocycles. The zero-order valence-electron chi connectivity index (χ0n) is 11.3. The number of primary amides is 1. The number of aliphatic carboxylic acids is 1. The van der Waals surface area contributed by atoms with Gasteiger partial charge in [0.1, 0.15) is 6.04 Å². The number of rotatable bonds is 5. The first-order valence-corrected chi connectivity index (χ1v) is 6.29. The van der Waals surface area contributed by atoms with Gasteiger partial charge in [-0.2, -0.15) is 0 Å². The van der Waals surface area contributed by atoms with E-state index in [1.54, 1.807) is 19.1 Å². The smallest absolute Gasteiger partial charge is 0.326 e. The molecule has 1 aromatic carbocycles. The van der Waals surface area contributed by atoms with Crippen LogP contribution in [0.25, 0.3) is 10.9 Å². The molecule has 1 atom stereocenters. The molecule has 2 rings (SSSR count). The van der Waals surface area contributed by atoms with Gasteiger partial charge in [-0.05, 0) is 13.0 Å². The van der Waals surface area contributed by atoms with E-state index in [0.717, 1.165) is 5.52 Å². The minimum atomic E-state index is -1.34. The van der Waals surface area contributed by atoms with Crippen LogP contribution >= 0.6 is 0 Å². The van der Waals surface area contributed by atoms with Crippen molar-refractivity contribution >= 4 is 28.7 Å². The molecular weight excluding hydrogens is 274 g/mol. The third-order valence-electron chi connectivity index (χ3n) is 3.13. The molecular formula is C14H15N3O4. The van der Waals surface area contributed by atoms with E-state index < -0.39 is 30.2 Å². The van der Waals surface area contributed by atoms with E-state index in [4.69, 9.17) is 10.8 Å². The highest BCUT2D eigenvalue weighted by molar-refractivity contribution is 6.09. The Morgan fingerprint density at radius 1 is 1.33 bits per heavy atom. The monoisotopic (exact) mass is 289 g/mol. The van der Waals surface area contributed by atoms with Crippen LogP contribution in [0.5, 0.6) is 0 Å². The predicted molar refractivity (Wildman–Crippen MR) is 75.7 cm³/mol. The predicted octanol–water partition coefficient (Wildman–Crippen LogP) is 0.535. The van der Waals surface area contributed by atoms with Gasteiger partial charge >= 0.3 is 5.97 Å². The highest BCUT2D eigenvalue weighted by Crippen LogP contribution is 2.21. The Morgan fingerprint density at radius 2 is 2.00 bits per heavy atom. The van der Waals surface area contributed by atoms with Crippen molar-refractivity contribution in [3.8, 4) is 0 Å². The molecule has 0 aliphatic rings. The Morgan fingerprint density at radius 3 is 2.62 bits per heavy atom. The van der Waals surface area contributed by atoms with Crippen molar-refractivity contribution in [2.24, 2.45) is 5.73 Å². The number of para-hydroxylation sites is 1. The number of aromatic nitrogens is 1. The average molecular weight is 289 g/mol. The molecule has 110 valence electrons. The van der Waals surface area contributed by atoms with Crippen LogP contribution in [0.2, 0.25) is 0 Å². The second-order valence-corrected chi connectivity index (χ2v) is 4.71. The Hall–Kier alpha value is -2.83. The molecule has 0 spiro atoms. The standard InChI is InChI=1S/C14H15N3O4/c1-7-12(8-4-2-3-5-9(8)16-7)13(19)17-10(14(20)21)6-11(15)18/h2-5,10,16H,6H2,1H3,(H2,15,18)(H,17,19)(H,20,21). The van der Waals surface area contributed by atoms with E-state index in [1.807, 2.05) is 12.1 Å². The lowest BCUT2D eigenvalue weighted by atomic mass is 10.1. The summed E-state index contributed by atoms with van der Waals surface area (Å²) in [4.78, 5) is 37.3. The summed E-state index contributed by atoms with van der Waals surface area (Å²) in [6.07, 6.45) is -0.456. The Kier molecular flexibility index (Phi) is 3.93. The number of fused-ring (bicyclic) bond motifs is 1. The molecule has 0 saturated carbocycles. The summed E-state index contributed by atoms with van der Waals surface area (Å²) >= 11 is 0. The fourth-order valence-electron chi connectivity index (χ4n) is 2.20. The van der Waals surface area contributed by atoms with Crippen molar-refractivity contribution < 1.29 is 19.5 Å². The molecule has 0 aliphatic heterocycles. The van der Waals surface area contributed by atoms with Gasteiger partial charge < -0.3 is 21.1 Å². The van der Waals surface area contributed by atoms with Crippen LogP contribution in [0, 0.1) is 6.92 Å². The van der Waals surface area contributed by atoms with Gasteiger partial charge in [-0.25, -0.2) is 4.79 Å². The molecule has 1 unspecified atom stereocenters.